The molecule has 1 amide bonds. The molecule has 0 aliphatic heterocycles. The minimum atomic E-state index is -0.322. The molecular formula is C24H20N2O5. The van der Waals surface area contributed by atoms with E-state index in [1.165, 1.54) is 13.0 Å². The molecule has 1 aromatic heterocycles. The number of phenolic OH excluding ortho intramolecular Hbond substituents is 2. The summed E-state index contributed by atoms with van der Waals surface area (Å²) in [5, 5.41) is 27.8. The van der Waals surface area contributed by atoms with Gasteiger partial charge in [0.1, 0.15) is 22.9 Å². The van der Waals surface area contributed by atoms with Crippen LogP contribution in [0.2, 0.25) is 0 Å². The van der Waals surface area contributed by atoms with E-state index in [9.17, 15) is 15.0 Å². The van der Waals surface area contributed by atoms with Gasteiger partial charge in [-0.05, 0) is 29.3 Å². The monoisotopic (exact) mass is 416 g/mol. The molecule has 0 saturated heterocycles. The standard InChI is InChI=1S/C24H20N2O5/c1-14(27)25-24-22(16-8-10-17(30-2)11-9-16)23(26-31-24)19-12-18(20(28)13-21(19)29)15-6-4-3-5-7-15/h3-13,28-29H,1-2H3,(H,25,27). The summed E-state index contributed by atoms with van der Waals surface area (Å²) in [6, 6.07) is 19.4. The molecule has 0 saturated carbocycles. The van der Waals surface area contributed by atoms with Gasteiger partial charge in [-0.15, -0.1) is 0 Å². The molecule has 0 aliphatic rings. The van der Waals surface area contributed by atoms with Crippen LogP contribution >= 0.6 is 0 Å². The lowest BCUT2D eigenvalue weighted by molar-refractivity contribution is -0.114. The first kappa shape index (κ1) is 20.0. The smallest absolute Gasteiger partial charge is 0.239 e. The maximum absolute atomic E-state index is 11.7. The number of amides is 1. The van der Waals surface area contributed by atoms with Crippen LogP contribution in [0.5, 0.6) is 17.2 Å². The Balaban J connectivity index is 1.92. The molecule has 0 fully saturated rings. The number of benzene rings is 3. The van der Waals surface area contributed by atoms with Crippen LogP contribution < -0.4 is 10.1 Å². The lowest BCUT2D eigenvalue weighted by Crippen LogP contribution is -2.05. The molecule has 0 unspecified atom stereocenters. The maximum Gasteiger partial charge on any atom is 0.239 e. The van der Waals surface area contributed by atoms with Crippen molar-refractivity contribution in [1.29, 1.82) is 0 Å². The summed E-state index contributed by atoms with van der Waals surface area (Å²) >= 11 is 0. The molecule has 7 heteroatoms. The Bertz CT molecular complexity index is 1230. The van der Waals surface area contributed by atoms with Gasteiger partial charge in [0.15, 0.2) is 0 Å². The fourth-order valence-electron chi connectivity index (χ4n) is 3.36. The van der Waals surface area contributed by atoms with Crippen LogP contribution in [0.3, 0.4) is 0 Å². The summed E-state index contributed by atoms with van der Waals surface area (Å²) in [6.45, 7) is 1.37. The van der Waals surface area contributed by atoms with Gasteiger partial charge in [-0.3, -0.25) is 10.1 Å². The van der Waals surface area contributed by atoms with Crippen molar-refractivity contribution in [2.45, 2.75) is 6.92 Å². The molecule has 0 aliphatic carbocycles. The quantitative estimate of drug-likeness (QED) is 0.420. The Labute approximate surface area is 178 Å². The zero-order chi connectivity index (χ0) is 22.0. The fraction of sp³-hybridized carbons (Fsp3) is 0.0833. The topological polar surface area (TPSA) is 105 Å². The van der Waals surface area contributed by atoms with Crippen molar-refractivity contribution in [1.82, 2.24) is 5.16 Å². The average Bonchev–Trinajstić information content (AvgIpc) is 3.17. The molecule has 3 aromatic carbocycles. The largest absolute Gasteiger partial charge is 0.507 e. The number of aromatic nitrogens is 1. The molecular weight excluding hydrogens is 396 g/mol. The van der Waals surface area contributed by atoms with E-state index in [-0.39, 0.29) is 23.3 Å². The molecule has 156 valence electrons. The van der Waals surface area contributed by atoms with Crippen LogP contribution in [-0.2, 0) is 4.79 Å². The van der Waals surface area contributed by atoms with Crippen LogP contribution in [0.4, 0.5) is 5.88 Å². The van der Waals surface area contributed by atoms with E-state index in [0.717, 1.165) is 5.56 Å². The number of methoxy groups -OCH3 is 1. The van der Waals surface area contributed by atoms with E-state index in [2.05, 4.69) is 10.5 Å². The van der Waals surface area contributed by atoms with E-state index in [0.29, 0.717) is 33.7 Å². The zero-order valence-corrected chi connectivity index (χ0v) is 16.9. The minimum absolute atomic E-state index is 0.0657. The van der Waals surface area contributed by atoms with Gasteiger partial charge in [-0.25, -0.2) is 0 Å². The molecule has 0 spiro atoms. The third kappa shape index (κ3) is 3.93. The van der Waals surface area contributed by atoms with Crippen molar-refractivity contribution in [2.24, 2.45) is 0 Å². The van der Waals surface area contributed by atoms with Gasteiger partial charge < -0.3 is 19.5 Å². The Morgan fingerprint density at radius 1 is 0.935 bits per heavy atom. The summed E-state index contributed by atoms with van der Waals surface area (Å²) in [5.41, 5.74) is 3.18. The molecule has 7 nitrogen and oxygen atoms in total. The average molecular weight is 416 g/mol. The Morgan fingerprint density at radius 2 is 1.61 bits per heavy atom. The highest BCUT2D eigenvalue weighted by atomic mass is 16.5. The molecule has 1 heterocycles. The molecule has 0 radical (unpaired) electrons. The van der Waals surface area contributed by atoms with Crippen molar-refractivity contribution in [2.75, 3.05) is 12.4 Å². The summed E-state index contributed by atoms with van der Waals surface area (Å²) in [5.74, 6) is 0.263. The highest BCUT2D eigenvalue weighted by Crippen LogP contribution is 2.45. The second kappa shape index (κ2) is 8.23. The third-order valence-electron chi connectivity index (χ3n) is 4.81. The number of ether oxygens (including phenoxy) is 1. The van der Waals surface area contributed by atoms with Crippen molar-refractivity contribution >= 4 is 11.8 Å². The van der Waals surface area contributed by atoms with Crippen molar-refractivity contribution < 1.29 is 24.3 Å². The van der Waals surface area contributed by atoms with Gasteiger partial charge in [0.2, 0.25) is 11.8 Å². The molecule has 0 bridgehead atoms. The molecule has 4 rings (SSSR count). The van der Waals surface area contributed by atoms with E-state index in [1.54, 1.807) is 37.4 Å². The number of rotatable bonds is 5. The number of phenols is 2. The fourth-order valence-corrected chi connectivity index (χ4v) is 3.36. The van der Waals surface area contributed by atoms with Crippen LogP contribution in [0.25, 0.3) is 33.5 Å². The van der Waals surface area contributed by atoms with Crippen LogP contribution in [-0.4, -0.2) is 28.4 Å². The molecule has 0 atom stereocenters. The molecule has 4 aromatic rings. The van der Waals surface area contributed by atoms with Crippen molar-refractivity contribution in [3.63, 3.8) is 0 Å². The maximum atomic E-state index is 11.7. The number of nitrogens with one attached hydrogen (secondary N) is 1. The number of hydrogen-bond acceptors (Lipinski definition) is 6. The van der Waals surface area contributed by atoms with Crippen molar-refractivity contribution in [3.8, 4) is 50.8 Å². The lowest BCUT2D eigenvalue weighted by Gasteiger charge is -2.11. The predicted octanol–water partition coefficient (Wildman–Crippen LogP) is 5.05. The lowest BCUT2D eigenvalue weighted by atomic mass is 9.96. The highest BCUT2D eigenvalue weighted by molar-refractivity contribution is 5.97. The van der Waals surface area contributed by atoms with Crippen LogP contribution in [0.1, 0.15) is 6.92 Å². The van der Waals surface area contributed by atoms with Gasteiger partial charge in [0, 0.05) is 24.1 Å². The van der Waals surface area contributed by atoms with Crippen LogP contribution in [0, 0.1) is 0 Å². The minimum Gasteiger partial charge on any atom is -0.507 e. The van der Waals surface area contributed by atoms with E-state index in [1.807, 2.05) is 30.3 Å². The number of hydrogen-bond donors (Lipinski definition) is 3. The van der Waals surface area contributed by atoms with Crippen molar-refractivity contribution in [3.05, 3.63) is 66.7 Å². The number of aromatic hydroxyl groups is 2. The zero-order valence-electron chi connectivity index (χ0n) is 16.9. The van der Waals surface area contributed by atoms with E-state index >= 15 is 0 Å². The van der Waals surface area contributed by atoms with Gasteiger partial charge >= 0.3 is 0 Å². The SMILES string of the molecule is COc1ccc(-c2c(-c3cc(-c4ccccc4)c(O)cc3O)noc2NC(C)=O)cc1. The Hall–Kier alpha value is -4.26. The van der Waals surface area contributed by atoms with E-state index < -0.39 is 0 Å². The van der Waals surface area contributed by atoms with Gasteiger partial charge in [-0.2, -0.15) is 0 Å². The van der Waals surface area contributed by atoms with E-state index in [4.69, 9.17) is 9.26 Å². The Kier molecular flexibility index (Phi) is 5.32. The Morgan fingerprint density at radius 3 is 2.26 bits per heavy atom. The second-order valence-corrected chi connectivity index (χ2v) is 6.90. The first-order valence-corrected chi connectivity index (χ1v) is 9.51. The third-order valence-corrected chi connectivity index (χ3v) is 4.81. The molecule has 31 heavy (non-hydrogen) atoms. The first-order valence-electron chi connectivity index (χ1n) is 9.51. The normalized spacial score (nSPS) is 10.6. The highest BCUT2D eigenvalue weighted by Gasteiger charge is 2.24. The number of anilines is 1. The molecule has 3 N–H and O–H groups in total. The van der Waals surface area contributed by atoms with Gasteiger partial charge in [0.25, 0.3) is 0 Å². The van der Waals surface area contributed by atoms with Crippen LogP contribution in [0.15, 0.2) is 71.3 Å². The summed E-state index contributed by atoms with van der Waals surface area (Å²) in [6.07, 6.45) is 0. The summed E-state index contributed by atoms with van der Waals surface area (Å²) in [4.78, 5) is 11.7. The van der Waals surface area contributed by atoms with Gasteiger partial charge in [-0.1, -0.05) is 47.6 Å². The number of carbonyl (C=O) groups is 1. The predicted molar refractivity (Wildman–Crippen MR) is 117 cm³/mol. The van der Waals surface area contributed by atoms with Gasteiger partial charge in [0.05, 0.1) is 12.7 Å². The summed E-state index contributed by atoms with van der Waals surface area (Å²) in [7, 11) is 1.57. The summed E-state index contributed by atoms with van der Waals surface area (Å²) < 4.78 is 10.6. The second-order valence-electron chi connectivity index (χ2n) is 6.90. The number of nitrogens with zero attached hydrogens (tertiary/aromatic N) is 1. The first-order chi connectivity index (χ1) is 15.0. The number of carbonyl (C=O) groups excluding carboxylic acids is 1.